The Kier molecular flexibility index (Phi) is 3.81. The van der Waals surface area contributed by atoms with E-state index in [-0.39, 0.29) is 11.6 Å². The highest BCUT2D eigenvalue weighted by Gasteiger charge is 2.31. The second-order valence-corrected chi connectivity index (χ2v) is 7.44. The Morgan fingerprint density at radius 3 is 2.38 bits per heavy atom. The SMILES string of the molecule is CCCCCc1cc2c3c(ccc2s1)C(=O)c1ccccc1C3=O. The molecule has 4 rings (SSSR count). The third-order valence-electron chi connectivity index (χ3n) is 4.67. The summed E-state index contributed by atoms with van der Waals surface area (Å²) in [6.45, 7) is 2.20. The van der Waals surface area contributed by atoms with Crippen LogP contribution in [0.25, 0.3) is 10.1 Å². The lowest BCUT2D eigenvalue weighted by Gasteiger charge is -2.17. The highest BCUT2D eigenvalue weighted by Crippen LogP contribution is 2.36. The molecule has 0 aliphatic heterocycles. The van der Waals surface area contributed by atoms with Gasteiger partial charge in [-0.25, -0.2) is 0 Å². The van der Waals surface area contributed by atoms with Crippen molar-refractivity contribution in [2.24, 2.45) is 0 Å². The molecule has 3 heteroatoms. The van der Waals surface area contributed by atoms with E-state index in [0.717, 1.165) is 16.5 Å². The van der Waals surface area contributed by atoms with Crippen LogP contribution in [0.5, 0.6) is 0 Å². The van der Waals surface area contributed by atoms with E-state index in [9.17, 15) is 9.59 Å². The molecule has 3 aromatic rings. The van der Waals surface area contributed by atoms with Gasteiger partial charge in [-0.1, -0.05) is 44.0 Å². The summed E-state index contributed by atoms with van der Waals surface area (Å²) >= 11 is 1.74. The maximum Gasteiger partial charge on any atom is 0.195 e. The summed E-state index contributed by atoms with van der Waals surface area (Å²) in [6.07, 6.45) is 4.63. The first-order valence-electron chi connectivity index (χ1n) is 8.44. The van der Waals surface area contributed by atoms with Crippen LogP contribution in [0.3, 0.4) is 0 Å². The van der Waals surface area contributed by atoms with Crippen LogP contribution in [0.2, 0.25) is 0 Å². The third-order valence-corrected chi connectivity index (χ3v) is 5.83. The standard InChI is InChI=1S/C21H18O2S/c1-2-3-4-7-13-12-17-18(24-13)11-10-16-19(17)21(23)15-9-6-5-8-14(15)20(16)22/h5-6,8-12H,2-4,7H2,1H3. The minimum absolute atomic E-state index is 0.0243. The molecule has 1 aliphatic rings. The van der Waals surface area contributed by atoms with Crippen LogP contribution in [-0.2, 0) is 6.42 Å². The number of unbranched alkanes of at least 4 members (excludes halogenated alkanes) is 2. The van der Waals surface area contributed by atoms with Crippen LogP contribution in [0.1, 0.15) is 62.9 Å². The minimum atomic E-state index is -0.0409. The van der Waals surface area contributed by atoms with Gasteiger partial charge in [0.25, 0.3) is 0 Å². The highest BCUT2D eigenvalue weighted by molar-refractivity contribution is 7.19. The van der Waals surface area contributed by atoms with Crippen molar-refractivity contribution in [3.05, 3.63) is 69.6 Å². The quantitative estimate of drug-likeness (QED) is 0.468. The Bertz CT molecular complexity index is 965. The first-order valence-corrected chi connectivity index (χ1v) is 9.26. The summed E-state index contributed by atoms with van der Waals surface area (Å²) in [5.74, 6) is -0.0652. The number of carbonyl (C=O) groups excluding carboxylic acids is 2. The molecule has 0 saturated heterocycles. The number of ketones is 2. The number of aryl methyl sites for hydroxylation is 1. The van der Waals surface area contributed by atoms with E-state index in [2.05, 4.69) is 13.0 Å². The van der Waals surface area contributed by atoms with Crippen molar-refractivity contribution in [3.8, 4) is 0 Å². The van der Waals surface area contributed by atoms with Gasteiger partial charge in [-0.3, -0.25) is 9.59 Å². The molecule has 0 fully saturated rings. The molecule has 2 aromatic carbocycles. The number of carbonyl (C=O) groups is 2. The smallest absolute Gasteiger partial charge is 0.195 e. The molecular weight excluding hydrogens is 316 g/mol. The predicted octanol–water partition coefficient (Wildman–Crippen LogP) is 5.41. The zero-order chi connectivity index (χ0) is 16.7. The van der Waals surface area contributed by atoms with Crippen LogP contribution < -0.4 is 0 Å². The molecule has 2 nitrogen and oxygen atoms in total. The van der Waals surface area contributed by atoms with Gasteiger partial charge in [-0.15, -0.1) is 11.3 Å². The molecule has 0 atom stereocenters. The van der Waals surface area contributed by atoms with Gasteiger partial charge in [0.2, 0.25) is 0 Å². The zero-order valence-corrected chi connectivity index (χ0v) is 14.4. The van der Waals surface area contributed by atoms with Gasteiger partial charge in [0.05, 0.1) is 0 Å². The van der Waals surface area contributed by atoms with Gasteiger partial charge in [0.1, 0.15) is 0 Å². The van der Waals surface area contributed by atoms with Crippen LogP contribution in [-0.4, -0.2) is 11.6 Å². The van der Waals surface area contributed by atoms with Crippen LogP contribution >= 0.6 is 11.3 Å². The number of hydrogen-bond acceptors (Lipinski definition) is 3. The fraction of sp³-hybridized carbons (Fsp3) is 0.238. The van der Waals surface area contributed by atoms with Crippen molar-refractivity contribution in [1.29, 1.82) is 0 Å². The van der Waals surface area contributed by atoms with Gasteiger partial charge in [0, 0.05) is 37.2 Å². The Hall–Kier alpha value is -2.26. The Balaban J connectivity index is 1.85. The van der Waals surface area contributed by atoms with Crippen LogP contribution in [0.15, 0.2) is 42.5 Å². The molecule has 0 spiro atoms. The summed E-state index contributed by atoms with van der Waals surface area (Å²) in [6, 6.07) is 13.1. The van der Waals surface area contributed by atoms with Crippen molar-refractivity contribution < 1.29 is 9.59 Å². The molecule has 0 amide bonds. The topological polar surface area (TPSA) is 34.1 Å². The molecule has 0 radical (unpaired) electrons. The maximum atomic E-state index is 13.0. The highest BCUT2D eigenvalue weighted by atomic mass is 32.1. The summed E-state index contributed by atoms with van der Waals surface area (Å²) in [5.41, 5.74) is 2.19. The summed E-state index contributed by atoms with van der Waals surface area (Å²) in [5, 5.41) is 0.942. The molecule has 24 heavy (non-hydrogen) atoms. The van der Waals surface area contributed by atoms with Crippen molar-refractivity contribution in [3.63, 3.8) is 0 Å². The van der Waals surface area contributed by atoms with E-state index >= 15 is 0 Å². The molecule has 0 saturated carbocycles. The molecular formula is C21H18O2S. The Labute approximate surface area is 145 Å². The first kappa shape index (κ1) is 15.3. The summed E-state index contributed by atoms with van der Waals surface area (Å²) in [4.78, 5) is 27.1. The molecule has 0 N–H and O–H groups in total. The van der Waals surface area contributed by atoms with E-state index in [1.54, 1.807) is 23.5 Å². The maximum absolute atomic E-state index is 13.0. The van der Waals surface area contributed by atoms with E-state index < -0.39 is 0 Å². The lowest BCUT2D eigenvalue weighted by molar-refractivity contribution is 0.0980. The third kappa shape index (κ3) is 2.31. The van der Waals surface area contributed by atoms with Crippen molar-refractivity contribution >= 4 is 33.0 Å². The fourth-order valence-electron chi connectivity index (χ4n) is 3.43. The van der Waals surface area contributed by atoms with Gasteiger partial charge in [-0.2, -0.15) is 0 Å². The number of fused-ring (bicyclic) bond motifs is 4. The lowest BCUT2D eigenvalue weighted by atomic mass is 9.83. The average molecular weight is 334 g/mol. The Morgan fingerprint density at radius 2 is 1.62 bits per heavy atom. The van der Waals surface area contributed by atoms with Crippen molar-refractivity contribution in [2.45, 2.75) is 32.6 Å². The van der Waals surface area contributed by atoms with E-state index in [1.165, 1.54) is 24.1 Å². The summed E-state index contributed by atoms with van der Waals surface area (Å²) in [7, 11) is 0. The van der Waals surface area contributed by atoms with Gasteiger partial charge < -0.3 is 0 Å². The van der Waals surface area contributed by atoms with Crippen LogP contribution in [0, 0.1) is 0 Å². The monoisotopic (exact) mass is 334 g/mol. The molecule has 120 valence electrons. The molecule has 0 bridgehead atoms. The second kappa shape index (κ2) is 5.99. The molecule has 1 aromatic heterocycles. The number of hydrogen-bond donors (Lipinski definition) is 0. The van der Waals surface area contributed by atoms with E-state index in [4.69, 9.17) is 0 Å². The van der Waals surface area contributed by atoms with E-state index in [0.29, 0.717) is 22.3 Å². The molecule has 1 heterocycles. The van der Waals surface area contributed by atoms with Crippen molar-refractivity contribution in [2.75, 3.05) is 0 Å². The second-order valence-electron chi connectivity index (χ2n) is 6.27. The number of benzene rings is 2. The first-order chi connectivity index (χ1) is 11.7. The average Bonchev–Trinajstić information content (AvgIpc) is 3.02. The number of thiophene rings is 1. The zero-order valence-electron chi connectivity index (χ0n) is 13.6. The van der Waals surface area contributed by atoms with Gasteiger partial charge >= 0.3 is 0 Å². The van der Waals surface area contributed by atoms with Gasteiger partial charge in [-0.05, 0) is 31.0 Å². The van der Waals surface area contributed by atoms with Gasteiger partial charge in [0.15, 0.2) is 11.6 Å². The van der Waals surface area contributed by atoms with Crippen molar-refractivity contribution in [1.82, 2.24) is 0 Å². The fourth-order valence-corrected chi connectivity index (χ4v) is 4.54. The minimum Gasteiger partial charge on any atom is -0.289 e. The Morgan fingerprint density at radius 1 is 0.875 bits per heavy atom. The largest absolute Gasteiger partial charge is 0.289 e. The molecule has 0 unspecified atom stereocenters. The molecule has 1 aliphatic carbocycles. The summed E-state index contributed by atoms with van der Waals surface area (Å²) < 4.78 is 1.10. The normalized spacial score (nSPS) is 13.2. The van der Waals surface area contributed by atoms with E-state index in [1.807, 2.05) is 24.3 Å². The number of rotatable bonds is 4. The lowest BCUT2D eigenvalue weighted by Crippen LogP contribution is -2.20. The van der Waals surface area contributed by atoms with Crippen LogP contribution in [0.4, 0.5) is 0 Å². The predicted molar refractivity (Wildman–Crippen MR) is 98.4 cm³/mol.